The van der Waals surface area contributed by atoms with Crippen molar-refractivity contribution in [3.63, 3.8) is 0 Å². The van der Waals surface area contributed by atoms with Crippen molar-refractivity contribution in [3.05, 3.63) is 59.7 Å². The molecule has 0 aliphatic rings. The monoisotopic (exact) mass is 396 g/mol. The van der Waals surface area contributed by atoms with Crippen molar-refractivity contribution in [1.82, 2.24) is 14.8 Å². The van der Waals surface area contributed by atoms with Crippen molar-refractivity contribution in [1.29, 1.82) is 0 Å². The van der Waals surface area contributed by atoms with Crippen molar-refractivity contribution in [2.75, 3.05) is 11.1 Å². The number of carbonyl (C=O) groups excluding carboxylic acids is 1. The van der Waals surface area contributed by atoms with Gasteiger partial charge in [0.05, 0.1) is 11.4 Å². The Labute approximate surface area is 155 Å². The maximum absolute atomic E-state index is 13.6. The standard InChI is InChI=1S/C17H12F4N4OS/c1-25-16(9-2-4-10(18)5-3-9)23-24-17(25)27-8-13(26)22-12-7-6-11(19)14(20)15(12)21/h2-7H,8H2,1H3,(H,22,26). The van der Waals surface area contributed by atoms with Gasteiger partial charge in [0, 0.05) is 12.6 Å². The molecular weight excluding hydrogens is 384 g/mol. The molecule has 10 heteroatoms. The van der Waals surface area contributed by atoms with Crippen LogP contribution in [0.5, 0.6) is 0 Å². The molecule has 5 nitrogen and oxygen atoms in total. The van der Waals surface area contributed by atoms with E-state index in [-0.39, 0.29) is 11.6 Å². The Morgan fingerprint density at radius 1 is 1.04 bits per heavy atom. The molecule has 0 bridgehead atoms. The molecule has 0 atom stereocenters. The smallest absolute Gasteiger partial charge is 0.234 e. The molecular formula is C17H12F4N4OS. The minimum atomic E-state index is -1.65. The van der Waals surface area contributed by atoms with Crippen molar-refractivity contribution in [2.24, 2.45) is 7.05 Å². The summed E-state index contributed by atoms with van der Waals surface area (Å²) in [6.45, 7) is 0. The van der Waals surface area contributed by atoms with Crippen molar-refractivity contribution in [2.45, 2.75) is 5.16 Å². The first-order valence-electron chi connectivity index (χ1n) is 7.58. The third-order valence-electron chi connectivity index (χ3n) is 3.58. The molecule has 0 aliphatic heterocycles. The summed E-state index contributed by atoms with van der Waals surface area (Å²) in [5.74, 6) is -5.15. The Kier molecular flexibility index (Phi) is 5.45. The van der Waals surface area contributed by atoms with E-state index in [4.69, 9.17) is 0 Å². The zero-order chi connectivity index (χ0) is 19.6. The molecule has 3 aromatic rings. The number of carbonyl (C=O) groups is 1. The summed E-state index contributed by atoms with van der Waals surface area (Å²) in [6, 6.07) is 7.34. The predicted molar refractivity (Wildman–Crippen MR) is 92.1 cm³/mol. The lowest BCUT2D eigenvalue weighted by Gasteiger charge is -2.07. The van der Waals surface area contributed by atoms with E-state index in [1.54, 1.807) is 23.7 Å². The van der Waals surface area contributed by atoms with E-state index in [2.05, 4.69) is 15.5 Å². The third-order valence-corrected chi connectivity index (χ3v) is 4.60. The Balaban J connectivity index is 1.66. The van der Waals surface area contributed by atoms with Gasteiger partial charge in [-0.25, -0.2) is 17.6 Å². The normalized spacial score (nSPS) is 10.9. The SMILES string of the molecule is Cn1c(SCC(=O)Nc2ccc(F)c(F)c2F)nnc1-c1ccc(F)cc1. The van der Waals surface area contributed by atoms with Gasteiger partial charge in [-0.05, 0) is 36.4 Å². The van der Waals surface area contributed by atoms with Gasteiger partial charge in [0.2, 0.25) is 5.91 Å². The molecule has 0 radical (unpaired) electrons. The van der Waals surface area contributed by atoms with Crippen LogP contribution in [0.2, 0.25) is 0 Å². The highest BCUT2D eigenvalue weighted by atomic mass is 32.2. The molecule has 2 aromatic carbocycles. The fourth-order valence-electron chi connectivity index (χ4n) is 2.23. The first-order valence-corrected chi connectivity index (χ1v) is 8.57. The Hall–Kier alpha value is -2.88. The van der Waals surface area contributed by atoms with Gasteiger partial charge >= 0.3 is 0 Å². The van der Waals surface area contributed by atoms with E-state index in [9.17, 15) is 22.4 Å². The molecule has 1 N–H and O–H groups in total. The number of hydrogen-bond donors (Lipinski definition) is 1. The van der Waals surface area contributed by atoms with Gasteiger partial charge in [0.15, 0.2) is 28.4 Å². The van der Waals surface area contributed by atoms with Crippen molar-refractivity contribution in [3.8, 4) is 11.4 Å². The van der Waals surface area contributed by atoms with Gasteiger partial charge < -0.3 is 9.88 Å². The van der Waals surface area contributed by atoms with E-state index in [0.717, 1.165) is 23.9 Å². The second-order valence-corrected chi connectivity index (χ2v) is 6.37. The molecule has 0 saturated carbocycles. The average Bonchev–Trinajstić information content (AvgIpc) is 3.02. The highest BCUT2D eigenvalue weighted by Crippen LogP contribution is 2.24. The zero-order valence-electron chi connectivity index (χ0n) is 13.8. The molecule has 1 amide bonds. The summed E-state index contributed by atoms with van der Waals surface area (Å²) < 4.78 is 54.3. The van der Waals surface area contributed by atoms with Crippen LogP contribution < -0.4 is 5.32 Å². The van der Waals surface area contributed by atoms with E-state index >= 15 is 0 Å². The molecule has 1 aromatic heterocycles. The Morgan fingerprint density at radius 2 is 1.74 bits per heavy atom. The molecule has 27 heavy (non-hydrogen) atoms. The first kappa shape index (κ1) is 18.9. The molecule has 140 valence electrons. The van der Waals surface area contributed by atoms with Crippen LogP contribution in [0.1, 0.15) is 0 Å². The fraction of sp³-hybridized carbons (Fsp3) is 0.118. The van der Waals surface area contributed by atoms with E-state index in [1.807, 2.05) is 0 Å². The van der Waals surface area contributed by atoms with Gasteiger partial charge in [0.1, 0.15) is 5.82 Å². The largest absolute Gasteiger partial charge is 0.323 e. The van der Waals surface area contributed by atoms with Gasteiger partial charge in [-0.3, -0.25) is 4.79 Å². The molecule has 0 fully saturated rings. The summed E-state index contributed by atoms with van der Waals surface area (Å²) in [5.41, 5.74) is 0.191. The van der Waals surface area contributed by atoms with E-state index < -0.39 is 29.0 Å². The van der Waals surface area contributed by atoms with Crippen LogP contribution in [-0.4, -0.2) is 26.4 Å². The number of thioether (sulfide) groups is 1. The number of benzene rings is 2. The lowest BCUT2D eigenvalue weighted by atomic mass is 10.2. The van der Waals surface area contributed by atoms with Gasteiger partial charge in [-0.1, -0.05) is 11.8 Å². The second kappa shape index (κ2) is 7.78. The highest BCUT2D eigenvalue weighted by molar-refractivity contribution is 7.99. The topological polar surface area (TPSA) is 59.8 Å². The molecule has 0 saturated heterocycles. The lowest BCUT2D eigenvalue weighted by molar-refractivity contribution is -0.113. The molecule has 1 heterocycles. The number of aromatic nitrogens is 3. The van der Waals surface area contributed by atoms with Crippen LogP contribution in [0.4, 0.5) is 23.2 Å². The minimum absolute atomic E-state index is 0.159. The summed E-state index contributed by atoms with van der Waals surface area (Å²) in [7, 11) is 1.67. The summed E-state index contributed by atoms with van der Waals surface area (Å²) in [6.07, 6.45) is 0. The lowest BCUT2D eigenvalue weighted by Crippen LogP contribution is -2.16. The summed E-state index contributed by atoms with van der Waals surface area (Å²) >= 11 is 1.02. The minimum Gasteiger partial charge on any atom is -0.323 e. The fourth-order valence-corrected chi connectivity index (χ4v) is 2.94. The molecule has 3 rings (SSSR count). The zero-order valence-corrected chi connectivity index (χ0v) is 14.7. The average molecular weight is 396 g/mol. The first-order chi connectivity index (χ1) is 12.9. The number of amides is 1. The number of nitrogens with one attached hydrogen (secondary N) is 1. The Bertz CT molecular complexity index is 991. The summed E-state index contributed by atoms with van der Waals surface area (Å²) in [5, 5.41) is 10.5. The van der Waals surface area contributed by atoms with Crippen LogP contribution in [-0.2, 0) is 11.8 Å². The third kappa shape index (κ3) is 4.11. The van der Waals surface area contributed by atoms with E-state index in [1.165, 1.54) is 12.1 Å². The van der Waals surface area contributed by atoms with Crippen LogP contribution in [0.25, 0.3) is 11.4 Å². The van der Waals surface area contributed by atoms with E-state index in [0.29, 0.717) is 16.5 Å². The second-order valence-electron chi connectivity index (χ2n) is 5.43. The van der Waals surface area contributed by atoms with Gasteiger partial charge in [-0.2, -0.15) is 0 Å². The van der Waals surface area contributed by atoms with Crippen molar-refractivity contribution >= 4 is 23.4 Å². The van der Waals surface area contributed by atoms with Crippen LogP contribution in [0, 0.1) is 23.3 Å². The molecule has 0 spiro atoms. The van der Waals surface area contributed by atoms with Crippen molar-refractivity contribution < 1.29 is 22.4 Å². The number of nitrogens with zero attached hydrogens (tertiary/aromatic N) is 3. The quantitative estimate of drug-likeness (QED) is 0.405. The predicted octanol–water partition coefficient (Wildman–Crippen LogP) is 3.77. The van der Waals surface area contributed by atoms with Gasteiger partial charge in [0.25, 0.3) is 0 Å². The van der Waals surface area contributed by atoms with Crippen LogP contribution in [0.15, 0.2) is 41.6 Å². The van der Waals surface area contributed by atoms with Crippen LogP contribution in [0.3, 0.4) is 0 Å². The number of rotatable bonds is 5. The number of hydrogen-bond acceptors (Lipinski definition) is 4. The maximum atomic E-state index is 13.6. The Morgan fingerprint density at radius 3 is 2.44 bits per heavy atom. The van der Waals surface area contributed by atoms with Crippen LogP contribution >= 0.6 is 11.8 Å². The number of halogens is 4. The molecule has 0 unspecified atom stereocenters. The number of anilines is 1. The summed E-state index contributed by atoms with van der Waals surface area (Å²) in [4.78, 5) is 11.9. The molecule has 0 aliphatic carbocycles. The maximum Gasteiger partial charge on any atom is 0.234 e. The van der Waals surface area contributed by atoms with Gasteiger partial charge in [-0.15, -0.1) is 10.2 Å². The highest BCUT2D eigenvalue weighted by Gasteiger charge is 2.17.